The number of hydroxylamine groups is 1. The Morgan fingerprint density at radius 1 is 0.510 bits per heavy atom. The number of halogens is 10. The molecule has 0 aliphatic carbocycles. The Morgan fingerprint density at radius 3 is 1.22 bits per heavy atom. The van der Waals surface area contributed by atoms with Crippen molar-refractivity contribution >= 4 is 175 Å². The first-order chi connectivity index (χ1) is 45.8. The van der Waals surface area contributed by atoms with Crippen molar-refractivity contribution in [3.8, 4) is 0 Å². The number of fused-ring (bicyclic) bond motifs is 2. The van der Waals surface area contributed by atoms with E-state index in [0.717, 1.165) is 58.7 Å². The third kappa shape index (κ3) is 27.5. The van der Waals surface area contributed by atoms with Gasteiger partial charge in [0.25, 0.3) is 0 Å². The first-order valence-corrected chi connectivity index (χ1v) is 33.8. The number of hydrogen-bond donors (Lipinski definition) is 7. The van der Waals surface area contributed by atoms with Gasteiger partial charge in [-0.25, -0.2) is 17.6 Å². The monoisotopic (exact) mass is 1800 g/mol. The third-order valence-corrected chi connectivity index (χ3v) is 18.4. The number of nitrogens with two attached hydrogens (primary N) is 1. The highest BCUT2D eigenvalue weighted by molar-refractivity contribution is 9.11. The largest absolute Gasteiger partial charge is 0.494 e. The number of aldehydes is 1. The van der Waals surface area contributed by atoms with E-state index in [1.54, 1.807) is 18.2 Å². The van der Waals surface area contributed by atoms with E-state index in [1.807, 2.05) is 139 Å². The minimum absolute atomic E-state index is 0. The van der Waals surface area contributed by atoms with Crippen molar-refractivity contribution in [3.05, 3.63) is 177 Å². The molecule has 3 aliphatic rings. The van der Waals surface area contributed by atoms with E-state index < -0.39 is 37.3 Å². The maximum absolute atomic E-state index is 13.1. The second kappa shape index (κ2) is 45.1. The average Bonchev–Trinajstić information content (AvgIpc) is 1.66. The fraction of sp³-hybridized carbons (Fsp3) is 0.400. The summed E-state index contributed by atoms with van der Waals surface area (Å²) < 4.78 is 101. The number of anilines is 2. The molecule has 576 valence electrons. The van der Waals surface area contributed by atoms with Gasteiger partial charge < -0.3 is 63.8 Å². The number of aliphatic imine (C=N–C) groups is 1. The molecule has 0 spiro atoms. The lowest BCUT2D eigenvalue weighted by Gasteiger charge is -2.32. The minimum Gasteiger partial charge on any atom is -0.411 e. The number of benzene rings is 6. The predicted octanol–water partition coefficient (Wildman–Crippen LogP) is 20.1. The molecule has 0 amide bonds. The van der Waals surface area contributed by atoms with Crippen molar-refractivity contribution in [2.45, 2.75) is 161 Å². The molecule has 5 heterocycles. The molecule has 11 rings (SSSR count). The summed E-state index contributed by atoms with van der Waals surface area (Å²) in [6.07, 6.45) is 1.53. The van der Waals surface area contributed by atoms with E-state index in [1.165, 1.54) is 68.7 Å². The topological polar surface area (TPSA) is 284 Å². The van der Waals surface area contributed by atoms with Crippen molar-refractivity contribution in [2.24, 2.45) is 21.0 Å². The summed E-state index contributed by atoms with van der Waals surface area (Å²) >= 11 is 21.4. The molecular formula is C70H100B3Br5ClF4N9O12. The van der Waals surface area contributed by atoms with Gasteiger partial charge in [-0.1, -0.05) is 163 Å². The van der Waals surface area contributed by atoms with E-state index in [0.29, 0.717) is 15.2 Å². The molecule has 2 aromatic heterocycles. The van der Waals surface area contributed by atoms with Gasteiger partial charge in [0, 0.05) is 49.1 Å². The Morgan fingerprint density at radius 2 is 0.846 bits per heavy atom. The Labute approximate surface area is 658 Å². The fourth-order valence-corrected chi connectivity index (χ4v) is 10.2. The van der Waals surface area contributed by atoms with Crippen LogP contribution in [0, 0.1) is 23.3 Å². The number of carbonyl (C=O) groups is 1. The molecule has 21 nitrogen and oxygen atoms in total. The van der Waals surface area contributed by atoms with Gasteiger partial charge >= 0.3 is 21.1 Å². The molecule has 8 aromatic rings. The fourth-order valence-electron chi connectivity index (χ4n) is 8.25. The molecule has 34 heteroatoms. The molecule has 8 N–H and O–H groups in total. The number of hydrogen-bond acceptors (Lipinski definition) is 20. The van der Waals surface area contributed by atoms with Crippen LogP contribution >= 0.6 is 91.3 Å². The van der Waals surface area contributed by atoms with Crippen molar-refractivity contribution in [3.63, 3.8) is 0 Å². The zero-order chi connectivity index (χ0) is 73.9. The zero-order valence-electron chi connectivity index (χ0n) is 56.4. The molecular weight excluding hydrogens is 1700 g/mol. The Bertz CT molecular complexity index is 3990. The summed E-state index contributed by atoms with van der Waals surface area (Å²) in [5.74, 6) is -0.279. The van der Waals surface area contributed by atoms with Gasteiger partial charge in [-0.05, 0) is 199 Å². The maximum Gasteiger partial charge on any atom is 0.494 e. The van der Waals surface area contributed by atoms with Crippen LogP contribution in [0.1, 0.15) is 155 Å². The number of carbonyl (C=O) groups excluding carboxylic acids is 1. The average molecular weight is 1800 g/mol. The maximum atomic E-state index is 13.1. The lowest BCUT2D eigenvalue weighted by atomic mass is 9.49. The molecule has 6 aromatic carbocycles. The van der Waals surface area contributed by atoms with Crippen molar-refractivity contribution < 1.29 is 75.0 Å². The SMILES string of the molecule is C.C.C.C.C.C.CC1(C)OB(B2OC(C)(C)C(C)(C)O2)OC1(C)C.CN.CN=C(NO)c1cc(Br)ccc1F.CNc1noc2ccc(B3OC(C)(C)C(C)(C)O3)cc12.CNc1noc2ccc(Br)cc12.O/N=C(/Cl)c1cc(Br)ccc1F.O/N=C\c1cc(Br)ccc1F.O=Cc1cc(Br)ccc1F. The first kappa shape index (κ1) is 102. The third-order valence-electron chi connectivity index (χ3n) is 15.7. The quantitative estimate of drug-likeness (QED) is 0.0142. The molecule has 0 atom stereocenters. The molecule has 104 heavy (non-hydrogen) atoms. The summed E-state index contributed by atoms with van der Waals surface area (Å²) in [6.45, 7) is 24.4. The lowest BCUT2D eigenvalue weighted by molar-refractivity contribution is 0.00578. The minimum atomic E-state index is -0.527. The Hall–Kier alpha value is -5.78. The van der Waals surface area contributed by atoms with Gasteiger partial charge in [-0.3, -0.25) is 20.5 Å². The summed E-state index contributed by atoms with van der Waals surface area (Å²) in [5, 5.41) is 45.9. The normalized spacial score (nSPS) is 15.6. The van der Waals surface area contributed by atoms with Crippen molar-refractivity contribution in [1.29, 1.82) is 0 Å². The van der Waals surface area contributed by atoms with Crippen LogP contribution in [0.25, 0.3) is 21.9 Å². The van der Waals surface area contributed by atoms with Gasteiger partial charge in [0.05, 0.1) is 67.3 Å². The van der Waals surface area contributed by atoms with Crippen LogP contribution in [0.5, 0.6) is 0 Å². The second-order valence-electron chi connectivity index (χ2n) is 23.8. The Balaban J connectivity index is -0.00000114. The first-order valence-electron chi connectivity index (χ1n) is 29.5. The molecule has 0 radical (unpaired) electrons. The van der Waals surface area contributed by atoms with Crippen LogP contribution in [0.4, 0.5) is 29.2 Å². The van der Waals surface area contributed by atoms with Crippen LogP contribution in [0.2, 0.25) is 0 Å². The van der Waals surface area contributed by atoms with Gasteiger partial charge in [0.1, 0.15) is 23.3 Å². The van der Waals surface area contributed by atoms with E-state index in [2.05, 4.69) is 122 Å². The van der Waals surface area contributed by atoms with Crippen molar-refractivity contribution in [2.75, 3.05) is 38.8 Å². The van der Waals surface area contributed by atoms with Crippen LogP contribution in [0.3, 0.4) is 0 Å². The molecule has 0 unspecified atom stereocenters. The molecule has 3 aliphatic heterocycles. The van der Waals surface area contributed by atoms with Crippen molar-refractivity contribution in [1.82, 2.24) is 15.8 Å². The highest BCUT2D eigenvalue weighted by Gasteiger charge is 2.64. The number of amidine groups is 1. The standard InChI is InChI=1S/C14H19BN2O3.C12H24B2O4.C8H8BrFN2O.C8H7BrN2O.C7H4BrClFNO.C7H5BrFNO.C7H4BrFO.CH5N.6CH4/c1-13(2)14(3,4)20-15(19-13)9-6-7-11-10(8-9)12(16-5)17-18-11;1-9(2)10(3,4)16-13(15-9)14-17-11(5,6)12(7,8)18-14;1-11-8(12-13)6-4-5(9)2-3-7(6)10;1-10-8-6-4-5(9)2-3-7(6)12-11-8;8-4-1-2-6(10)5(3-4)7(9)11-12;8-6-1-2-7(9)5(3-6)4-10-11;8-6-1-2-7(9)5(3-6)4-10;1-2;;;;;;/h6-8H,1-5H3,(H,16,17);1-8H3;2-4,13H,1H3,(H,11,12);2-4H,1H3,(H,10,11);1-3,12H;1-4,11H;1-4H;2H2,1H3;6*1H4/b;;;;11-7+;10-4-;;;;;;;;. The van der Waals surface area contributed by atoms with Gasteiger partial charge in [-0.15, -0.1) is 0 Å². The highest BCUT2D eigenvalue weighted by atomic mass is 79.9. The summed E-state index contributed by atoms with van der Waals surface area (Å²) in [6, 6.07) is 28.8. The van der Waals surface area contributed by atoms with Gasteiger partial charge in [0.2, 0.25) is 0 Å². The van der Waals surface area contributed by atoms with Gasteiger partial charge in [0.15, 0.2) is 40.1 Å². The summed E-state index contributed by atoms with van der Waals surface area (Å²) in [4.78, 5) is 13.8. The number of nitrogens with one attached hydrogen (secondary N) is 3. The smallest absolute Gasteiger partial charge is 0.411 e. The van der Waals surface area contributed by atoms with E-state index in [4.69, 9.17) is 64.2 Å². The van der Waals surface area contributed by atoms with E-state index in [9.17, 15) is 22.4 Å². The molecule has 3 saturated heterocycles. The van der Waals surface area contributed by atoms with E-state index >= 15 is 0 Å². The van der Waals surface area contributed by atoms with Crippen LogP contribution < -0.4 is 27.3 Å². The predicted molar refractivity (Wildman–Crippen MR) is 436 cm³/mol. The Kier molecular flexibility index (Phi) is 44.4. The second-order valence-corrected chi connectivity index (χ2v) is 28.7. The zero-order valence-corrected chi connectivity index (χ0v) is 65.1. The van der Waals surface area contributed by atoms with Crippen LogP contribution in [0.15, 0.2) is 156 Å². The highest BCUT2D eigenvalue weighted by Crippen LogP contribution is 2.43. The molecule has 0 saturated carbocycles. The number of nitrogens with zero attached hydrogens (tertiary/aromatic N) is 5. The van der Waals surface area contributed by atoms with E-state index in [-0.39, 0.29) is 119 Å². The van der Waals surface area contributed by atoms with Crippen LogP contribution in [-0.4, -0.2) is 132 Å². The number of aromatic nitrogens is 2. The van der Waals surface area contributed by atoms with Gasteiger partial charge in [-0.2, -0.15) is 0 Å². The lowest BCUT2D eigenvalue weighted by Crippen LogP contribution is -2.41. The molecule has 3 fully saturated rings. The number of rotatable bonds is 8. The number of oxime groups is 2. The summed E-state index contributed by atoms with van der Waals surface area (Å²) in [5.41, 5.74) is 7.33. The summed E-state index contributed by atoms with van der Waals surface area (Å²) in [7, 11) is 5.27. The van der Waals surface area contributed by atoms with Crippen LogP contribution in [-0.2, 0) is 27.9 Å². The molecule has 0 bridgehead atoms.